The summed E-state index contributed by atoms with van der Waals surface area (Å²) in [6.45, 7) is 0.0318. The van der Waals surface area contributed by atoms with E-state index >= 15 is 0 Å². The molecule has 2 heterocycles. The van der Waals surface area contributed by atoms with Crippen molar-refractivity contribution in [1.82, 2.24) is 15.2 Å². The molecule has 178 valence electrons. The summed E-state index contributed by atoms with van der Waals surface area (Å²) in [5, 5.41) is 14.8. The van der Waals surface area contributed by atoms with Crippen molar-refractivity contribution in [3.8, 4) is 17.2 Å². The second-order valence-electron chi connectivity index (χ2n) is 8.23. The number of hydrogen-bond donors (Lipinski definition) is 2. The van der Waals surface area contributed by atoms with Crippen LogP contribution in [0.5, 0.6) is 0 Å². The van der Waals surface area contributed by atoms with Gasteiger partial charge >= 0.3 is 0 Å². The molecule has 0 radical (unpaired) electrons. The van der Waals surface area contributed by atoms with Crippen molar-refractivity contribution in [2.24, 2.45) is 0 Å². The number of nitriles is 1. The van der Waals surface area contributed by atoms with E-state index in [4.69, 9.17) is 5.26 Å². The molecule has 35 heavy (non-hydrogen) atoms. The molecule has 0 unspecified atom stereocenters. The highest BCUT2D eigenvalue weighted by atomic mass is 19.3. The molecule has 1 fully saturated rings. The minimum Gasteiger partial charge on any atom is -0.343 e. The molecule has 1 aliphatic rings. The number of halogens is 2. The molecule has 1 aromatic heterocycles. The molecule has 0 spiro atoms. The van der Waals surface area contributed by atoms with Crippen LogP contribution < -0.4 is 10.6 Å². The molecule has 1 saturated heterocycles. The number of anilines is 1. The first-order valence-corrected chi connectivity index (χ1v) is 10.8. The van der Waals surface area contributed by atoms with E-state index in [1.807, 2.05) is 18.2 Å². The summed E-state index contributed by atoms with van der Waals surface area (Å²) >= 11 is 0. The van der Waals surface area contributed by atoms with Crippen LogP contribution >= 0.6 is 0 Å². The SMILES string of the molecule is CC(=O)Nc1ccccc1-c1ccc2nccc(C(=O)NCC(=O)N3CC(F)(F)C[C@H]3C#N)c2c1. The van der Waals surface area contributed by atoms with Gasteiger partial charge in [0.1, 0.15) is 6.04 Å². The van der Waals surface area contributed by atoms with Crippen molar-refractivity contribution in [1.29, 1.82) is 5.26 Å². The van der Waals surface area contributed by atoms with Crippen LogP contribution in [-0.2, 0) is 9.59 Å². The number of fused-ring (bicyclic) bond motifs is 1. The first-order chi connectivity index (χ1) is 16.7. The Morgan fingerprint density at radius 2 is 1.97 bits per heavy atom. The van der Waals surface area contributed by atoms with Crippen LogP contribution in [0.3, 0.4) is 0 Å². The second-order valence-corrected chi connectivity index (χ2v) is 8.23. The fourth-order valence-corrected chi connectivity index (χ4v) is 4.09. The molecule has 8 nitrogen and oxygen atoms in total. The molecule has 1 aliphatic heterocycles. The average Bonchev–Trinajstić information content (AvgIpc) is 3.16. The van der Waals surface area contributed by atoms with Crippen LogP contribution in [0.25, 0.3) is 22.0 Å². The molecule has 1 atom stereocenters. The van der Waals surface area contributed by atoms with Gasteiger partial charge < -0.3 is 15.5 Å². The van der Waals surface area contributed by atoms with Gasteiger partial charge in [-0.3, -0.25) is 19.4 Å². The normalized spacial score (nSPS) is 16.5. The number of benzene rings is 2. The number of carbonyl (C=O) groups is 3. The largest absolute Gasteiger partial charge is 0.343 e. The van der Waals surface area contributed by atoms with Crippen molar-refractivity contribution in [3.63, 3.8) is 0 Å². The number of nitrogens with one attached hydrogen (secondary N) is 2. The van der Waals surface area contributed by atoms with Crippen molar-refractivity contribution in [2.75, 3.05) is 18.4 Å². The van der Waals surface area contributed by atoms with Gasteiger partial charge in [-0.05, 0) is 29.8 Å². The maximum Gasteiger partial charge on any atom is 0.268 e. The van der Waals surface area contributed by atoms with Crippen molar-refractivity contribution < 1.29 is 23.2 Å². The van der Waals surface area contributed by atoms with Crippen molar-refractivity contribution in [3.05, 3.63) is 60.3 Å². The Morgan fingerprint density at radius 1 is 1.20 bits per heavy atom. The lowest BCUT2D eigenvalue weighted by Gasteiger charge is -2.19. The van der Waals surface area contributed by atoms with Crippen LogP contribution in [0.15, 0.2) is 54.7 Å². The van der Waals surface area contributed by atoms with Crippen LogP contribution in [0.1, 0.15) is 23.7 Å². The van der Waals surface area contributed by atoms with E-state index in [9.17, 15) is 23.2 Å². The lowest BCUT2D eigenvalue weighted by atomic mass is 9.99. The fourth-order valence-electron chi connectivity index (χ4n) is 4.09. The molecule has 3 amide bonds. The monoisotopic (exact) mass is 477 g/mol. The van der Waals surface area contributed by atoms with Gasteiger partial charge in [0.25, 0.3) is 11.8 Å². The summed E-state index contributed by atoms with van der Waals surface area (Å²) in [6, 6.07) is 14.5. The van der Waals surface area contributed by atoms with Gasteiger partial charge in [0, 0.05) is 36.2 Å². The fraction of sp³-hybridized carbons (Fsp3) is 0.240. The molecule has 0 saturated carbocycles. The van der Waals surface area contributed by atoms with Gasteiger partial charge in [0.2, 0.25) is 11.8 Å². The lowest BCUT2D eigenvalue weighted by Crippen LogP contribution is -2.43. The smallest absolute Gasteiger partial charge is 0.268 e. The summed E-state index contributed by atoms with van der Waals surface area (Å²) < 4.78 is 27.3. The zero-order valence-corrected chi connectivity index (χ0v) is 18.7. The van der Waals surface area contributed by atoms with Gasteiger partial charge in [0.05, 0.1) is 30.2 Å². The van der Waals surface area contributed by atoms with Crippen LogP contribution in [0, 0.1) is 11.3 Å². The molecule has 0 bridgehead atoms. The van der Waals surface area contributed by atoms with Crippen molar-refractivity contribution in [2.45, 2.75) is 25.3 Å². The first-order valence-electron chi connectivity index (χ1n) is 10.8. The van der Waals surface area contributed by atoms with E-state index in [0.29, 0.717) is 16.6 Å². The van der Waals surface area contributed by atoms with E-state index in [1.54, 1.807) is 30.3 Å². The zero-order chi connectivity index (χ0) is 25.2. The first kappa shape index (κ1) is 23.8. The number of aromatic nitrogens is 1. The number of para-hydroxylation sites is 1. The number of carbonyl (C=O) groups excluding carboxylic acids is 3. The van der Waals surface area contributed by atoms with Crippen molar-refractivity contribution >= 4 is 34.3 Å². The molecule has 2 aromatic carbocycles. The quantitative estimate of drug-likeness (QED) is 0.585. The maximum absolute atomic E-state index is 13.6. The highest BCUT2D eigenvalue weighted by molar-refractivity contribution is 6.08. The van der Waals surface area contributed by atoms with Crippen LogP contribution in [0.4, 0.5) is 14.5 Å². The Labute approximate surface area is 199 Å². The zero-order valence-electron chi connectivity index (χ0n) is 18.7. The van der Waals surface area contributed by atoms with Gasteiger partial charge in [-0.2, -0.15) is 5.26 Å². The number of hydrogen-bond acceptors (Lipinski definition) is 5. The van der Waals surface area contributed by atoms with Crippen LogP contribution in [-0.4, -0.2) is 52.7 Å². The summed E-state index contributed by atoms with van der Waals surface area (Å²) in [5.41, 5.74) is 2.86. The number of rotatable bonds is 5. The second kappa shape index (κ2) is 9.46. The minimum atomic E-state index is -3.13. The van der Waals surface area contributed by atoms with Gasteiger partial charge in [-0.1, -0.05) is 24.3 Å². The number of amides is 3. The number of alkyl halides is 2. The third kappa shape index (κ3) is 5.09. The van der Waals surface area contributed by atoms with Gasteiger partial charge in [0.15, 0.2) is 0 Å². The standard InChI is InChI=1S/C25H21F2N5O3/c1-15(33)31-22-5-3-2-4-18(22)16-6-7-21-20(10-16)19(8-9-29-21)24(35)30-13-23(34)32-14-25(26,27)11-17(32)12-28/h2-10,17H,11,13-14H2,1H3,(H,30,35)(H,31,33)/t17-/m0/s1. The Balaban J connectivity index is 1.58. The average molecular weight is 477 g/mol. The van der Waals surface area contributed by atoms with E-state index < -0.39 is 43.3 Å². The third-order valence-electron chi connectivity index (χ3n) is 5.67. The molecule has 3 aromatic rings. The van der Waals surface area contributed by atoms with E-state index in [0.717, 1.165) is 16.0 Å². The van der Waals surface area contributed by atoms with E-state index in [1.165, 1.54) is 19.2 Å². The van der Waals surface area contributed by atoms with Gasteiger partial charge in [-0.25, -0.2) is 8.78 Å². The summed E-state index contributed by atoms with van der Waals surface area (Å²) in [5.74, 6) is -4.70. The summed E-state index contributed by atoms with van der Waals surface area (Å²) in [7, 11) is 0. The number of likely N-dealkylation sites (tertiary alicyclic amines) is 1. The molecule has 10 heteroatoms. The maximum atomic E-state index is 13.6. The summed E-state index contributed by atoms with van der Waals surface area (Å²) in [4.78, 5) is 42.0. The van der Waals surface area contributed by atoms with Gasteiger partial charge in [-0.15, -0.1) is 0 Å². The lowest BCUT2D eigenvalue weighted by molar-refractivity contribution is -0.131. The van der Waals surface area contributed by atoms with E-state index in [-0.39, 0.29) is 11.5 Å². The predicted octanol–water partition coefficient (Wildman–Crippen LogP) is 3.35. The minimum absolute atomic E-state index is 0.223. The molecule has 2 N–H and O–H groups in total. The highest BCUT2D eigenvalue weighted by Crippen LogP contribution is 2.32. The molecular formula is C25H21F2N5O3. The Kier molecular flexibility index (Phi) is 6.42. The molecule has 0 aliphatic carbocycles. The third-order valence-corrected chi connectivity index (χ3v) is 5.67. The Morgan fingerprint density at radius 3 is 2.71 bits per heavy atom. The summed E-state index contributed by atoms with van der Waals surface area (Å²) in [6.07, 6.45) is 0.734. The topological polar surface area (TPSA) is 115 Å². The Hall–Kier alpha value is -4.39. The molecular weight excluding hydrogens is 456 g/mol. The molecule has 4 rings (SSSR count). The number of nitrogens with zero attached hydrogens (tertiary/aromatic N) is 3. The number of pyridine rings is 1. The van der Waals surface area contributed by atoms with Crippen LogP contribution in [0.2, 0.25) is 0 Å². The highest BCUT2D eigenvalue weighted by Gasteiger charge is 2.47. The predicted molar refractivity (Wildman–Crippen MR) is 124 cm³/mol. The Bertz CT molecular complexity index is 1370. The van der Waals surface area contributed by atoms with E-state index in [2.05, 4.69) is 15.6 Å².